The van der Waals surface area contributed by atoms with Crippen molar-refractivity contribution in [3.05, 3.63) is 63.6 Å². The van der Waals surface area contributed by atoms with Crippen molar-refractivity contribution < 1.29 is 14.3 Å². The predicted octanol–water partition coefficient (Wildman–Crippen LogP) is 3.16. The summed E-state index contributed by atoms with van der Waals surface area (Å²) in [5.41, 5.74) is 0.723. The second-order valence-electron chi connectivity index (χ2n) is 4.54. The molecule has 0 bridgehead atoms. The highest BCUT2D eigenvalue weighted by Gasteiger charge is 2.18. The number of pyridine rings is 1. The molecule has 2 rings (SSSR count). The number of halogens is 3. The lowest BCUT2D eigenvalue weighted by molar-refractivity contribution is 0.0700. The molecule has 0 aliphatic rings. The van der Waals surface area contributed by atoms with Crippen LogP contribution in [0.5, 0.6) is 0 Å². The Labute approximate surface area is 137 Å². The molecule has 7 heteroatoms. The molecule has 22 heavy (non-hydrogen) atoms. The SMILES string of the molecule is O=C(c1cccc(F)n1)N(CCO)Cc1ccc(Cl)c(Cl)c1. The van der Waals surface area contributed by atoms with Gasteiger partial charge in [-0.05, 0) is 29.8 Å². The van der Waals surface area contributed by atoms with Crippen molar-refractivity contribution in [2.45, 2.75) is 6.54 Å². The molecule has 4 nitrogen and oxygen atoms in total. The maximum Gasteiger partial charge on any atom is 0.272 e. The maximum atomic E-state index is 13.1. The van der Waals surface area contributed by atoms with Gasteiger partial charge in [0.25, 0.3) is 5.91 Å². The lowest BCUT2D eigenvalue weighted by Crippen LogP contribution is -2.33. The van der Waals surface area contributed by atoms with E-state index in [1.165, 1.54) is 17.0 Å². The highest BCUT2D eigenvalue weighted by molar-refractivity contribution is 6.42. The van der Waals surface area contributed by atoms with E-state index < -0.39 is 11.9 Å². The number of aliphatic hydroxyl groups is 1. The monoisotopic (exact) mass is 342 g/mol. The molecule has 1 amide bonds. The smallest absolute Gasteiger partial charge is 0.272 e. The van der Waals surface area contributed by atoms with E-state index in [0.717, 1.165) is 11.6 Å². The Bertz CT molecular complexity index is 682. The van der Waals surface area contributed by atoms with Crippen molar-refractivity contribution in [2.75, 3.05) is 13.2 Å². The van der Waals surface area contributed by atoms with Gasteiger partial charge < -0.3 is 10.0 Å². The lowest BCUT2D eigenvalue weighted by atomic mass is 10.2. The average Bonchev–Trinajstić information content (AvgIpc) is 2.50. The van der Waals surface area contributed by atoms with Gasteiger partial charge in [0.15, 0.2) is 0 Å². The van der Waals surface area contributed by atoms with Gasteiger partial charge in [-0.3, -0.25) is 4.79 Å². The van der Waals surface area contributed by atoms with Crippen LogP contribution in [0, 0.1) is 5.95 Å². The van der Waals surface area contributed by atoms with E-state index in [-0.39, 0.29) is 25.4 Å². The molecule has 0 spiro atoms. The van der Waals surface area contributed by atoms with Gasteiger partial charge in [0.1, 0.15) is 5.69 Å². The van der Waals surface area contributed by atoms with Crippen LogP contribution in [0.25, 0.3) is 0 Å². The number of hydrogen-bond donors (Lipinski definition) is 1. The van der Waals surface area contributed by atoms with E-state index in [1.54, 1.807) is 18.2 Å². The first-order valence-electron chi connectivity index (χ1n) is 6.48. The molecule has 0 atom stereocenters. The van der Waals surface area contributed by atoms with E-state index in [0.29, 0.717) is 10.0 Å². The van der Waals surface area contributed by atoms with Crippen molar-refractivity contribution in [1.29, 1.82) is 0 Å². The Morgan fingerprint density at radius 1 is 1.23 bits per heavy atom. The first-order chi connectivity index (χ1) is 10.5. The molecule has 1 heterocycles. The normalized spacial score (nSPS) is 10.5. The van der Waals surface area contributed by atoms with Gasteiger partial charge in [0, 0.05) is 13.1 Å². The Morgan fingerprint density at radius 3 is 2.64 bits per heavy atom. The zero-order chi connectivity index (χ0) is 16.1. The topological polar surface area (TPSA) is 53.4 Å². The Balaban J connectivity index is 2.22. The largest absolute Gasteiger partial charge is 0.395 e. The molecule has 0 radical (unpaired) electrons. The number of aliphatic hydroxyl groups excluding tert-OH is 1. The molecule has 1 aromatic heterocycles. The number of benzene rings is 1. The second-order valence-corrected chi connectivity index (χ2v) is 5.36. The van der Waals surface area contributed by atoms with E-state index in [4.69, 9.17) is 28.3 Å². The molecule has 116 valence electrons. The second kappa shape index (κ2) is 7.54. The van der Waals surface area contributed by atoms with Crippen molar-refractivity contribution in [1.82, 2.24) is 9.88 Å². The van der Waals surface area contributed by atoms with Crippen LogP contribution in [0.2, 0.25) is 10.0 Å². The van der Waals surface area contributed by atoms with Crippen molar-refractivity contribution in [2.24, 2.45) is 0 Å². The van der Waals surface area contributed by atoms with E-state index in [1.807, 2.05) is 0 Å². The Morgan fingerprint density at radius 2 is 2.00 bits per heavy atom. The molecule has 0 fully saturated rings. The predicted molar refractivity (Wildman–Crippen MR) is 82.5 cm³/mol. The fourth-order valence-corrected chi connectivity index (χ4v) is 2.24. The fourth-order valence-electron chi connectivity index (χ4n) is 1.92. The van der Waals surface area contributed by atoms with Crippen LogP contribution < -0.4 is 0 Å². The summed E-state index contributed by atoms with van der Waals surface area (Å²) in [6.07, 6.45) is 0. The summed E-state index contributed by atoms with van der Waals surface area (Å²) >= 11 is 11.8. The van der Waals surface area contributed by atoms with Crippen LogP contribution in [-0.4, -0.2) is 34.0 Å². The summed E-state index contributed by atoms with van der Waals surface area (Å²) < 4.78 is 13.1. The summed E-state index contributed by atoms with van der Waals surface area (Å²) in [5, 5.41) is 9.92. The summed E-state index contributed by atoms with van der Waals surface area (Å²) in [4.78, 5) is 17.3. The number of hydrogen-bond acceptors (Lipinski definition) is 3. The molecule has 0 aliphatic heterocycles. The third-order valence-electron chi connectivity index (χ3n) is 2.95. The van der Waals surface area contributed by atoms with E-state index in [2.05, 4.69) is 4.98 Å². The Kier molecular flexibility index (Phi) is 5.71. The Hall–Kier alpha value is -1.69. The van der Waals surface area contributed by atoms with Gasteiger partial charge in [-0.2, -0.15) is 4.39 Å². The number of rotatable bonds is 5. The molecule has 0 saturated carbocycles. The highest BCUT2D eigenvalue weighted by Crippen LogP contribution is 2.23. The number of nitrogens with zero attached hydrogens (tertiary/aromatic N) is 2. The van der Waals surface area contributed by atoms with Gasteiger partial charge in [0.05, 0.1) is 16.7 Å². The van der Waals surface area contributed by atoms with E-state index in [9.17, 15) is 9.18 Å². The molecule has 0 unspecified atom stereocenters. The van der Waals surface area contributed by atoms with Crippen molar-refractivity contribution in [3.63, 3.8) is 0 Å². The fraction of sp³-hybridized carbons (Fsp3) is 0.200. The average molecular weight is 343 g/mol. The summed E-state index contributed by atoms with van der Waals surface area (Å²) in [6, 6.07) is 8.98. The minimum Gasteiger partial charge on any atom is -0.395 e. The minimum absolute atomic E-state index is 0.0199. The summed E-state index contributed by atoms with van der Waals surface area (Å²) in [5.74, 6) is -1.20. The molecular weight excluding hydrogens is 330 g/mol. The molecule has 2 aromatic rings. The van der Waals surface area contributed by atoms with Crippen molar-refractivity contribution >= 4 is 29.1 Å². The van der Waals surface area contributed by atoms with Gasteiger partial charge in [-0.15, -0.1) is 0 Å². The quantitative estimate of drug-likeness (QED) is 0.849. The summed E-state index contributed by atoms with van der Waals surface area (Å²) in [7, 11) is 0. The van der Waals surface area contributed by atoms with E-state index >= 15 is 0 Å². The highest BCUT2D eigenvalue weighted by atomic mass is 35.5. The third kappa shape index (κ3) is 4.16. The maximum absolute atomic E-state index is 13.1. The zero-order valence-electron chi connectivity index (χ0n) is 11.5. The minimum atomic E-state index is -0.732. The van der Waals surface area contributed by atoms with Crippen LogP contribution in [0.15, 0.2) is 36.4 Å². The number of aromatic nitrogens is 1. The number of amides is 1. The molecule has 1 N–H and O–H groups in total. The zero-order valence-corrected chi connectivity index (χ0v) is 13.0. The van der Waals surface area contributed by atoms with Crippen LogP contribution in [0.1, 0.15) is 16.1 Å². The standard InChI is InChI=1S/C15H13Cl2FN2O2/c16-11-5-4-10(8-12(11)17)9-20(6-7-21)15(22)13-2-1-3-14(18)19-13/h1-5,8,21H,6-7,9H2. The molecular formula is C15H13Cl2FN2O2. The number of carbonyl (C=O) groups excluding carboxylic acids is 1. The van der Waals surface area contributed by atoms with Gasteiger partial charge in [-0.25, -0.2) is 4.98 Å². The molecule has 1 aromatic carbocycles. The molecule has 0 saturated heterocycles. The van der Waals surface area contributed by atoms with Crippen LogP contribution in [0.3, 0.4) is 0 Å². The van der Waals surface area contributed by atoms with Crippen LogP contribution in [-0.2, 0) is 6.54 Å². The molecule has 0 aliphatic carbocycles. The first-order valence-corrected chi connectivity index (χ1v) is 7.23. The first kappa shape index (κ1) is 16.7. The summed E-state index contributed by atoms with van der Waals surface area (Å²) in [6.45, 7) is 0.0775. The van der Waals surface area contributed by atoms with Crippen molar-refractivity contribution in [3.8, 4) is 0 Å². The number of carbonyl (C=O) groups is 1. The van der Waals surface area contributed by atoms with Gasteiger partial charge >= 0.3 is 0 Å². The van der Waals surface area contributed by atoms with Crippen LogP contribution in [0.4, 0.5) is 4.39 Å². The lowest BCUT2D eigenvalue weighted by Gasteiger charge is -2.21. The third-order valence-corrected chi connectivity index (χ3v) is 3.69. The van der Waals surface area contributed by atoms with Gasteiger partial charge in [-0.1, -0.05) is 35.3 Å². The van der Waals surface area contributed by atoms with Crippen LogP contribution >= 0.6 is 23.2 Å². The van der Waals surface area contributed by atoms with Gasteiger partial charge in [0.2, 0.25) is 5.95 Å².